The van der Waals surface area contributed by atoms with Gasteiger partial charge in [-0.25, -0.2) is 0 Å². The summed E-state index contributed by atoms with van der Waals surface area (Å²) in [6.45, 7) is 2.99. The van der Waals surface area contributed by atoms with E-state index in [0.29, 0.717) is 0 Å². The molecule has 0 heterocycles. The second kappa shape index (κ2) is 5.75. The molecule has 0 fully saturated rings. The molecule has 0 unspecified atom stereocenters. The Morgan fingerprint density at radius 1 is 1.12 bits per heavy atom. The fourth-order valence-electron chi connectivity index (χ4n) is 1.77. The highest BCUT2D eigenvalue weighted by Gasteiger charge is 2.12. The van der Waals surface area contributed by atoms with Crippen LogP contribution in [0.5, 0.6) is 11.5 Å². The fourth-order valence-corrected chi connectivity index (χ4v) is 1.77. The van der Waals surface area contributed by atoms with Gasteiger partial charge in [0.1, 0.15) is 0 Å². The fraction of sp³-hybridized carbons (Fsp3) is 0.538. The Labute approximate surface area is 98.0 Å². The Bertz CT molecular complexity index is 348. The van der Waals surface area contributed by atoms with Gasteiger partial charge >= 0.3 is 0 Å². The molecule has 1 aromatic rings. The van der Waals surface area contributed by atoms with Crippen LogP contribution in [0.3, 0.4) is 0 Å². The third-order valence-electron chi connectivity index (χ3n) is 2.51. The summed E-state index contributed by atoms with van der Waals surface area (Å²) in [5, 5.41) is 0. The summed E-state index contributed by atoms with van der Waals surface area (Å²) in [5.41, 5.74) is 2.44. The molecule has 0 aliphatic carbocycles. The Morgan fingerprint density at radius 3 is 2.25 bits per heavy atom. The Morgan fingerprint density at radius 2 is 1.81 bits per heavy atom. The van der Waals surface area contributed by atoms with E-state index in [1.807, 2.05) is 20.2 Å². The molecule has 0 N–H and O–H groups in total. The number of benzene rings is 1. The molecule has 90 valence electrons. The van der Waals surface area contributed by atoms with Crippen LogP contribution in [0.2, 0.25) is 0 Å². The van der Waals surface area contributed by atoms with E-state index in [2.05, 4.69) is 17.9 Å². The summed E-state index contributed by atoms with van der Waals surface area (Å²) in [6.07, 6.45) is 1.00. The van der Waals surface area contributed by atoms with E-state index in [1.54, 1.807) is 14.2 Å². The van der Waals surface area contributed by atoms with Crippen LogP contribution in [0.25, 0.3) is 0 Å². The lowest BCUT2D eigenvalue weighted by Gasteiger charge is -2.17. The van der Waals surface area contributed by atoms with Gasteiger partial charge in [0.15, 0.2) is 11.5 Å². The van der Waals surface area contributed by atoms with Crippen LogP contribution >= 0.6 is 0 Å². The molecule has 16 heavy (non-hydrogen) atoms. The monoisotopic (exact) mass is 223 g/mol. The first kappa shape index (κ1) is 12.8. The summed E-state index contributed by atoms with van der Waals surface area (Å²) >= 11 is 0. The van der Waals surface area contributed by atoms with Crippen LogP contribution < -0.4 is 9.47 Å². The summed E-state index contributed by atoms with van der Waals surface area (Å²) in [6, 6.07) is 4.22. The number of rotatable bonds is 5. The predicted molar refractivity (Wildman–Crippen MR) is 66.3 cm³/mol. The zero-order valence-corrected chi connectivity index (χ0v) is 10.8. The van der Waals surface area contributed by atoms with Crippen LogP contribution in [0.4, 0.5) is 0 Å². The van der Waals surface area contributed by atoms with Gasteiger partial charge < -0.3 is 14.4 Å². The minimum atomic E-state index is 0.818. The standard InChI is InChI=1S/C13H21NO2/c1-6-10-7-11(9-14(2)3)13(16-5)12(8-10)15-4/h7-8H,6,9H2,1-5H3. The van der Waals surface area contributed by atoms with Gasteiger partial charge in [0.2, 0.25) is 0 Å². The largest absolute Gasteiger partial charge is 0.493 e. The van der Waals surface area contributed by atoms with E-state index < -0.39 is 0 Å². The number of hydrogen-bond donors (Lipinski definition) is 0. The van der Waals surface area contributed by atoms with Crippen molar-refractivity contribution in [2.24, 2.45) is 0 Å². The lowest BCUT2D eigenvalue weighted by atomic mass is 10.1. The molecule has 0 amide bonds. The Balaban J connectivity index is 3.19. The van der Waals surface area contributed by atoms with Gasteiger partial charge in [-0.15, -0.1) is 0 Å². The van der Waals surface area contributed by atoms with Crippen LogP contribution in [-0.4, -0.2) is 33.2 Å². The number of methoxy groups -OCH3 is 2. The highest BCUT2D eigenvalue weighted by molar-refractivity contribution is 5.49. The minimum absolute atomic E-state index is 0.818. The Hall–Kier alpha value is -1.22. The first-order valence-corrected chi connectivity index (χ1v) is 5.50. The van der Waals surface area contributed by atoms with E-state index >= 15 is 0 Å². The zero-order chi connectivity index (χ0) is 12.1. The first-order valence-electron chi connectivity index (χ1n) is 5.50. The molecule has 0 radical (unpaired) electrons. The Kier molecular flexibility index (Phi) is 4.62. The zero-order valence-electron chi connectivity index (χ0n) is 10.8. The van der Waals surface area contributed by atoms with Gasteiger partial charge in [0.05, 0.1) is 14.2 Å². The van der Waals surface area contributed by atoms with Crippen LogP contribution in [0.1, 0.15) is 18.1 Å². The summed E-state index contributed by atoms with van der Waals surface area (Å²) in [4.78, 5) is 2.12. The SMILES string of the molecule is CCc1cc(CN(C)C)c(OC)c(OC)c1. The van der Waals surface area contributed by atoms with Crippen molar-refractivity contribution in [1.82, 2.24) is 4.90 Å². The molecule has 0 saturated carbocycles. The first-order chi connectivity index (χ1) is 7.62. The summed E-state index contributed by atoms with van der Waals surface area (Å²) < 4.78 is 10.8. The molecule has 0 saturated heterocycles. The van der Waals surface area contributed by atoms with Gasteiger partial charge in [0.25, 0.3) is 0 Å². The van der Waals surface area contributed by atoms with E-state index in [1.165, 1.54) is 11.1 Å². The maximum atomic E-state index is 5.42. The quantitative estimate of drug-likeness (QED) is 0.764. The van der Waals surface area contributed by atoms with Gasteiger partial charge in [-0.05, 0) is 32.1 Å². The molecule has 0 aliphatic heterocycles. The number of hydrogen-bond acceptors (Lipinski definition) is 3. The maximum absolute atomic E-state index is 5.42. The van der Waals surface area contributed by atoms with Crippen molar-refractivity contribution in [2.75, 3.05) is 28.3 Å². The molecular formula is C13H21NO2. The molecule has 1 aromatic carbocycles. The lowest BCUT2D eigenvalue weighted by molar-refractivity contribution is 0.338. The average molecular weight is 223 g/mol. The van der Waals surface area contributed by atoms with Crippen molar-refractivity contribution in [3.63, 3.8) is 0 Å². The number of aryl methyl sites for hydroxylation is 1. The third-order valence-corrected chi connectivity index (χ3v) is 2.51. The molecule has 0 bridgehead atoms. The van der Waals surface area contributed by atoms with E-state index in [0.717, 1.165) is 24.5 Å². The predicted octanol–water partition coefficient (Wildman–Crippen LogP) is 2.33. The highest BCUT2D eigenvalue weighted by Crippen LogP contribution is 2.33. The molecule has 3 heteroatoms. The number of ether oxygens (including phenoxy) is 2. The second-order valence-electron chi connectivity index (χ2n) is 4.08. The van der Waals surface area contributed by atoms with Crippen molar-refractivity contribution in [3.05, 3.63) is 23.3 Å². The van der Waals surface area contributed by atoms with Gasteiger partial charge in [-0.2, -0.15) is 0 Å². The normalized spacial score (nSPS) is 10.6. The molecule has 0 aromatic heterocycles. The molecule has 0 atom stereocenters. The minimum Gasteiger partial charge on any atom is -0.493 e. The van der Waals surface area contributed by atoms with Gasteiger partial charge in [0, 0.05) is 12.1 Å². The lowest BCUT2D eigenvalue weighted by Crippen LogP contribution is -2.12. The van der Waals surface area contributed by atoms with Gasteiger partial charge in [-0.3, -0.25) is 0 Å². The number of nitrogens with zero attached hydrogens (tertiary/aromatic N) is 1. The van der Waals surface area contributed by atoms with E-state index in [9.17, 15) is 0 Å². The van der Waals surface area contributed by atoms with Crippen molar-refractivity contribution < 1.29 is 9.47 Å². The van der Waals surface area contributed by atoms with Crippen molar-refractivity contribution in [2.45, 2.75) is 19.9 Å². The van der Waals surface area contributed by atoms with Crippen molar-refractivity contribution >= 4 is 0 Å². The molecule has 0 spiro atoms. The van der Waals surface area contributed by atoms with Crippen LogP contribution in [0.15, 0.2) is 12.1 Å². The highest BCUT2D eigenvalue weighted by atomic mass is 16.5. The van der Waals surface area contributed by atoms with Crippen LogP contribution in [0, 0.1) is 0 Å². The third kappa shape index (κ3) is 2.89. The molecule has 1 rings (SSSR count). The second-order valence-corrected chi connectivity index (χ2v) is 4.08. The summed E-state index contributed by atoms with van der Waals surface area (Å²) in [5.74, 6) is 1.66. The van der Waals surface area contributed by atoms with E-state index in [-0.39, 0.29) is 0 Å². The molecule has 3 nitrogen and oxygen atoms in total. The average Bonchev–Trinajstić information content (AvgIpc) is 2.27. The molecular weight excluding hydrogens is 202 g/mol. The van der Waals surface area contributed by atoms with Gasteiger partial charge in [-0.1, -0.05) is 13.0 Å². The maximum Gasteiger partial charge on any atom is 0.165 e. The van der Waals surface area contributed by atoms with Crippen molar-refractivity contribution in [1.29, 1.82) is 0 Å². The topological polar surface area (TPSA) is 21.7 Å². The van der Waals surface area contributed by atoms with E-state index in [4.69, 9.17) is 9.47 Å². The van der Waals surface area contributed by atoms with Crippen LogP contribution in [-0.2, 0) is 13.0 Å². The summed E-state index contributed by atoms with van der Waals surface area (Å²) in [7, 11) is 7.45. The smallest absolute Gasteiger partial charge is 0.165 e. The van der Waals surface area contributed by atoms with Crippen molar-refractivity contribution in [3.8, 4) is 11.5 Å². The molecule has 0 aliphatic rings.